The topological polar surface area (TPSA) is 13.7 Å². The van der Waals surface area contributed by atoms with Crippen molar-refractivity contribution in [2.75, 3.05) is 32.8 Å². The molecule has 2 nitrogen and oxygen atoms in total. The molecule has 0 saturated carbocycles. The van der Waals surface area contributed by atoms with Crippen LogP contribution >= 0.6 is 0 Å². The maximum Gasteiger partial charge on any atom is 0.101 e. The zero-order valence-corrected chi connectivity index (χ0v) is 6.86. The summed E-state index contributed by atoms with van der Waals surface area (Å²) in [6.45, 7) is 7.98. The Morgan fingerprint density at radius 3 is 2.60 bits per heavy atom. The SMILES string of the molecule is CCCC[NH+]1CCOCC1. The lowest BCUT2D eigenvalue weighted by atomic mass is 10.3. The predicted octanol–water partition coefficient (Wildman–Crippen LogP) is -0.298. The Bertz CT molecular complexity index is 79.3. The van der Waals surface area contributed by atoms with Crippen LogP contribution in [-0.4, -0.2) is 32.8 Å². The zero-order chi connectivity index (χ0) is 7.23. The minimum atomic E-state index is 0.971. The molecule has 0 unspecified atom stereocenters. The van der Waals surface area contributed by atoms with E-state index in [1.54, 1.807) is 4.90 Å². The molecule has 1 fully saturated rings. The maximum absolute atomic E-state index is 5.26. The van der Waals surface area contributed by atoms with E-state index in [4.69, 9.17) is 4.74 Å². The van der Waals surface area contributed by atoms with E-state index in [1.165, 1.54) is 32.5 Å². The molecule has 0 atom stereocenters. The Balaban J connectivity index is 2.02. The molecule has 0 aromatic carbocycles. The Hall–Kier alpha value is -0.0800. The van der Waals surface area contributed by atoms with Gasteiger partial charge >= 0.3 is 0 Å². The van der Waals surface area contributed by atoms with Crippen molar-refractivity contribution in [2.24, 2.45) is 0 Å². The number of morpholine rings is 1. The first-order valence-electron chi connectivity index (χ1n) is 4.35. The average Bonchev–Trinajstić information content (AvgIpc) is 2.03. The van der Waals surface area contributed by atoms with Gasteiger partial charge in [-0.15, -0.1) is 0 Å². The van der Waals surface area contributed by atoms with Crippen molar-refractivity contribution in [3.05, 3.63) is 0 Å². The highest BCUT2D eigenvalue weighted by Gasteiger charge is 2.11. The Morgan fingerprint density at radius 1 is 1.30 bits per heavy atom. The Morgan fingerprint density at radius 2 is 2.00 bits per heavy atom. The van der Waals surface area contributed by atoms with Gasteiger partial charge in [-0.1, -0.05) is 13.3 Å². The van der Waals surface area contributed by atoms with Crippen LogP contribution < -0.4 is 4.90 Å². The van der Waals surface area contributed by atoms with Crippen molar-refractivity contribution in [3.8, 4) is 0 Å². The molecular weight excluding hydrogens is 126 g/mol. The van der Waals surface area contributed by atoms with E-state index in [1.807, 2.05) is 0 Å². The van der Waals surface area contributed by atoms with Crippen molar-refractivity contribution >= 4 is 0 Å². The summed E-state index contributed by atoms with van der Waals surface area (Å²) < 4.78 is 5.26. The number of hydrogen-bond acceptors (Lipinski definition) is 1. The fraction of sp³-hybridized carbons (Fsp3) is 1.00. The highest BCUT2D eigenvalue weighted by atomic mass is 16.5. The molecule has 1 heterocycles. The van der Waals surface area contributed by atoms with Gasteiger partial charge in [0.05, 0.1) is 19.8 Å². The van der Waals surface area contributed by atoms with Crippen molar-refractivity contribution in [1.29, 1.82) is 0 Å². The molecule has 2 heteroatoms. The molecule has 0 bridgehead atoms. The van der Waals surface area contributed by atoms with Gasteiger partial charge in [0.1, 0.15) is 13.1 Å². The third-order valence-corrected chi connectivity index (χ3v) is 2.08. The van der Waals surface area contributed by atoms with Gasteiger partial charge in [-0.3, -0.25) is 0 Å². The number of rotatable bonds is 3. The molecule has 0 aromatic rings. The quantitative estimate of drug-likeness (QED) is 0.574. The highest BCUT2D eigenvalue weighted by molar-refractivity contribution is 4.39. The molecule has 0 aliphatic carbocycles. The first-order valence-corrected chi connectivity index (χ1v) is 4.35. The monoisotopic (exact) mass is 144 g/mol. The number of nitrogens with one attached hydrogen (secondary N) is 1. The lowest BCUT2D eigenvalue weighted by Gasteiger charge is -2.23. The zero-order valence-electron chi connectivity index (χ0n) is 6.86. The number of quaternary nitrogens is 1. The van der Waals surface area contributed by atoms with Crippen LogP contribution in [0, 0.1) is 0 Å². The van der Waals surface area contributed by atoms with E-state index in [0.29, 0.717) is 0 Å². The Kier molecular flexibility index (Phi) is 3.76. The standard InChI is InChI=1S/C8H17NO/c1-2-3-4-9-5-7-10-8-6-9/h2-8H2,1H3/p+1. The van der Waals surface area contributed by atoms with E-state index in [2.05, 4.69) is 6.92 Å². The first-order chi connectivity index (χ1) is 4.93. The predicted molar refractivity (Wildman–Crippen MR) is 41.3 cm³/mol. The molecule has 1 saturated heterocycles. The van der Waals surface area contributed by atoms with Gasteiger partial charge in [0.15, 0.2) is 0 Å². The van der Waals surface area contributed by atoms with Gasteiger partial charge in [0, 0.05) is 0 Å². The first kappa shape index (κ1) is 8.02. The molecule has 60 valence electrons. The summed E-state index contributed by atoms with van der Waals surface area (Å²) in [7, 11) is 0. The van der Waals surface area contributed by atoms with Crippen LogP contribution in [0.3, 0.4) is 0 Å². The summed E-state index contributed by atoms with van der Waals surface area (Å²) in [5, 5.41) is 0. The van der Waals surface area contributed by atoms with Crippen LogP contribution in [0.25, 0.3) is 0 Å². The second-order valence-electron chi connectivity index (χ2n) is 2.97. The molecule has 0 amide bonds. The minimum Gasteiger partial charge on any atom is -0.370 e. The second kappa shape index (κ2) is 4.69. The number of hydrogen-bond donors (Lipinski definition) is 1. The maximum atomic E-state index is 5.26. The number of unbranched alkanes of at least 4 members (excludes halogenated alkanes) is 1. The van der Waals surface area contributed by atoms with Gasteiger partial charge < -0.3 is 9.64 Å². The van der Waals surface area contributed by atoms with Crippen LogP contribution in [0.5, 0.6) is 0 Å². The summed E-state index contributed by atoms with van der Waals surface area (Å²) in [5.74, 6) is 0. The minimum absolute atomic E-state index is 0.971. The van der Waals surface area contributed by atoms with Crippen molar-refractivity contribution < 1.29 is 9.64 Å². The summed E-state index contributed by atoms with van der Waals surface area (Å²) in [6.07, 6.45) is 2.69. The van der Waals surface area contributed by atoms with Gasteiger partial charge in [-0.2, -0.15) is 0 Å². The fourth-order valence-electron chi connectivity index (χ4n) is 1.34. The van der Waals surface area contributed by atoms with Crippen LogP contribution in [0.4, 0.5) is 0 Å². The van der Waals surface area contributed by atoms with Gasteiger partial charge in [0.25, 0.3) is 0 Å². The van der Waals surface area contributed by atoms with E-state index in [-0.39, 0.29) is 0 Å². The smallest absolute Gasteiger partial charge is 0.101 e. The van der Waals surface area contributed by atoms with Gasteiger partial charge in [-0.05, 0) is 6.42 Å². The van der Waals surface area contributed by atoms with Crippen molar-refractivity contribution in [3.63, 3.8) is 0 Å². The molecular formula is C8H18NO+. The van der Waals surface area contributed by atoms with Crippen LogP contribution in [0.1, 0.15) is 19.8 Å². The van der Waals surface area contributed by atoms with E-state index in [0.717, 1.165) is 13.2 Å². The lowest BCUT2D eigenvalue weighted by Crippen LogP contribution is -3.14. The highest BCUT2D eigenvalue weighted by Crippen LogP contribution is 1.81. The third-order valence-electron chi connectivity index (χ3n) is 2.08. The lowest BCUT2D eigenvalue weighted by molar-refractivity contribution is -0.908. The van der Waals surface area contributed by atoms with Crippen LogP contribution in [-0.2, 0) is 4.74 Å². The molecule has 0 radical (unpaired) electrons. The van der Waals surface area contributed by atoms with Gasteiger partial charge in [0.2, 0.25) is 0 Å². The van der Waals surface area contributed by atoms with Crippen molar-refractivity contribution in [1.82, 2.24) is 0 Å². The molecule has 10 heavy (non-hydrogen) atoms. The molecule has 1 rings (SSSR count). The normalized spacial score (nSPS) is 21.3. The fourth-order valence-corrected chi connectivity index (χ4v) is 1.34. The molecule has 1 N–H and O–H groups in total. The largest absolute Gasteiger partial charge is 0.370 e. The molecule has 0 aromatic heterocycles. The van der Waals surface area contributed by atoms with Crippen LogP contribution in [0.2, 0.25) is 0 Å². The summed E-state index contributed by atoms with van der Waals surface area (Å²) in [4.78, 5) is 1.73. The third kappa shape index (κ3) is 2.67. The average molecular weight is 144 g/mol. The van der Waals surface area contributed by atoms with Crippen molar-refractivity contribution in [2.45, 2.75) is 19.8 Å². The summed E-state index contributed by atoms with van der Waals surface area (Å²) >= 11 is 0. The Labute approximate surface area is 63.2 Å². The molecule has 1 aliphatic heterocycles. The van der Waals surface area contributed by atoms with Gasteiger partial charge in [-0.25, -0.2) is 0 Å². The summed E-state index contributed by atoms with van der Waals surface area (Å²) in [5.41, 5.74) is 0. The molecule has 0 spiro atoms. The van der Waals surface area contributed by atoms with Crippen LogP contribution in [0.15, 0.2) is 0 Å². The number of ether oxygens (including phenoxy) is 1. The summed E-state index contributed by atoms with van der Waals surface area (Å²) in [6, 6.07) is 0. The van der Waals surface area contributed by atoms with E-state index in [9.17, 15) is 0 Å². The van der Waals surface area contributed by atoms with E-state index < -0.39 is 0 Å². The molecule has 1 aliphatic rings. The second-order valence-corrected chi connectivity index (χ2v) is 2.97. The van der Waals surface area contributed by atoms with E-state index >= 15 is 0 Å².